The molecule has 20 rings (SSSR count). The Morgan fingerprint density at radius 1 is 0.219 bits per heavy atom. The molecule has 4 aromatic heterocycles. The molecular formula is C110H72F12N6. The molecule has 20 aromatic rings. The van der Waals surface area contributed by atoms with Crippen molar-refractivity contribution in [1.82, 2.24) is 18.3 Å². The minimum absolute atomic E-state index is 0.0350. The van der Waals surface area contributed by atoms with Gasteiger partial charge in [-0.3, -0.25) is 0 Å². The van der Waals surface area contributed by atoms with Crippen LogP contribution in [0.3, 0.4) is 0 Å². The molecule has 0 amide bonds. The lowest BCUT2D eigenvalue weighted by Crippen LogP contribution is -2.12. The average Bonchev–Trinajstić information content (AvgIpc) is 1.54. The first-order valence-corrected chi connectivity index (χ1v) is 41.5. The van der Waals surface area contributed by atoms with Crippen molar-refractivity contribution < 1.29 is 52.7 Å². The first kappa shape index (κ1) is 81.2. The van der Waals surface area contributed by atoms with E-state index in [0.717, 1.165) is 135 Å². The summed E-state index contributed by atoms with van der Waals surface area (Å²) in [6, 6.07) is 89.8. The third-order valence-corrected chi connectivity index (χ3v) is 24.6. The van der Waals surface area contributed by atoms with E-state index in [1.165, 1.54) is 24.3 Å². The van der Waals surface area contributed by atoms with Gasteiger partial charge in [0.2, 0.25) is 0 Å². The van der Waals surface area contributed by atoms with Crippen molar-refractivity contribution in [2.75, 3.05) is 0 Å². The van der Waals surface area contributed by atoms with Crippen LogP contribution in [0.5, 0.6) is 0 Å². The number of alkyl halides is 12. The number of rotatable bonds is 12. The summed E-state index contributed by atoms with van der Waals surface area (Å²) < 4.78 is 194. The molecule has 0 saturated heterocycles. The molecule has 0 aliphatic heterocycles. The smallest absolute Gasteiger partial charge is 0.308 e. The van der Waals surface area contributed by atoms with Crippen LogP contribution >= 0.6 is 0 Å². The van der Waals surface area contributed by atoms with Gasteiger partial charge in [0.1, 0.15) is 0 Å². The molecule has 626 valence electrons. The summed E-state index contributed by atoms with van der Waals surface area (Å²) in [6.45, 7) is 13.9. The van der Waals surface area contributed by atoms with Crippen molar-refractivity contribution >= 4 is 87.2 Å². The fourth-order valence-corrected chi connectivity index (χ4v) is 19.5. The van der Waals surface area contributed by atoms with Crippen molar-refractivity contribution in [3.63, 3.8) is 0 Å². The fraction of sp³-hybridized carbons (Fsp3) is 0.109. The van der Waals surface area contributed by atoms with Gasteiger partial charge in [-0.2, -0.15) is 63.2 Å². The van der Waals surface area contributed by atoms with E-state index in [9.17, 15) is 10.5 Å². The van der Waals surface area contributed by atoms with Crippen molar-refractivity contribution in [1.29, 1.82) is 10.5 Å². The highest BCUT2D eigenvalue weighted by atomic mass is 19.4. The van der Waals surface area contributed by atoms with Crippen molar-refractivity contribution in [3.8, 4) is 102 Å². The number of halogens is 12. The van der Waals surface area contributed by atoms with Crippen LogP contribution in [0.4, 0.5) is 52.7 Å². The largest absolute Gasteiger partial charge is 0.416 e. The molecule has 0 unspecified atom stereocenters. The normalized spacial score (nSPS) is 12.4. The summed E-state index contributed by atoms with van der Waals surface area (Å²) in [7, 11) is 0. The number of aryl methyl sites for hydroxylation is 7. The quantitative estimate of drug-likeness (QED) is 0.114. The summed E-state index contributed by atoms with van der Waals surface area (Å²) in [5.41, 5.74) is 12.9. The highest BCUT2D eigenvalue weighted by Crippen LogP contribution is 2.52. The molecular weight excluding hydrogens is 1630 g/mol. The van der Waals surface area contributed by atoms with Crippen LogP contribution in [-0.2, 0) is 31.1 Å². The summed E-state index contributed by atoms with van der Waals surface area (Å²) in [6.07, 6.45) is -20.7. The SMILES string of the molecule is Cc1cc(C)cc(-c2ccc3c(c2)c2ccccc2n3-c2cc(C#N)cc(-n3c4ccc(Cc5cc(C)cc(-c6ccc7c8ccccc8n(-c8cc(C#N)cc(-n9c%10ccccc%10c%10ccc(-c%11cc(C)cc(C)c%11)cc%109)c8-c8cc(C(F)(F)F)cc(C(F)(F)F)c8)c7c6)c5)cc4c4cc(-c5cc(C)cc(C)c5)ccc43)c2-c2cc(C(F)(F)F)cc(C(F)(F)F)c2)c1. The molecule has 0 atom stereocenters. The van der Waals surface area contributed by atoms with Gasteiger partial charge in [-0.1, -0.05) is 209 Å². The van der Waals surface area contributed by atoms with E-state index >= 15 is 52.7 Å². The monoisotopic (exact) mass is 1700 g/mol. The number of nitrogens with zero attached hydrogens (tertiary/aromatic N) is 6. The lowest BCUT2D eigenvalue weighted by atomic mass is 9.94. The summed E-state index contributed by atoms with van der Waals surface area (Å²) >= 11 is 0. The number of hydrogen-bond acceptors (Lipinski definition) is 2. The van der Waals surface area contributed by atoms with Crippen LogP contribution in [0, 0.1) is 71.1 Å². The highest BCUT2D eigenvalue weighted by molar-refractivity contribution is 6.16. The zero-order valence-corrected chi connectivity index (χ0v) is 69.7. The molecule has 0 spiro atoms. The predicted octanol–water partition coefficient (Wildman–Crippen LogP) is 31.6. The highest BCUT2D eigenvalue weighted by Gasteiger charge is 2.41. The number of para-hydroxylation sites is 3. The number of fused-ring (bicyclic) bond motifs is 12. The third kappa shape index (κ3) is 14.2. The van der Waals surface area contributed by atoms with E-state index in [2.05, 4.69) is 48.5 Å². The van der Waals surface area contributed by atoms with Gasteiger partial charge < -0.3 is 18.3 Å². The van der Waals surface area contributed by atoms with Gasteiger partial charge in [-0.25, -0.2) is 0 Å². The minimum atomic E-state index is -5.26. The molecule has 0 N–H and O–H groups in total. The van der Waals surface area contributed by atoms with E-state index < -0.39 is 58.1 Å². The molecule has 18 heteroatoms. The standard InChI is InChI=1S/C110H72F12N6/c1-60-30-61(2)35-75(34-60)71-23-28-97-91(52-71)87-16-10-13-19-95(87)125(97)101-44-69(58-123)45-102(105(101)79-48-81(107(111,112)113)56-82(49-79)108(114,115)116)126-96-27-20-67(43-90(96)92-53-72(24-29-98(92)126)76-36-62(3)31-63(4)37-76)41-68-33-66(7)40-78(42-68)74-22-26-89-86-15-9-12-18-94(86)128(100(89)55-74)104-47-70(59-124)46-103(106(104)80-50-83(109(117,118)119)57-84(51-80)110(120,121)122)127-93-17-11-8-14-85(93)88-25-21-73(54-99(88)127)77-38-64(5)32-65(6)39-77/h8-40,42-57H,41H2,1-7H3. The maximum Gasteiger partial charge on any atom is 0.416 e. The number of aromatic nitrogens is 4. The van der Waals surface area contributed by atoms with Crippen LogP contribution in [0.2, 0.25) is 0 Å². The van der Waals surface area contributed by atoms with E-state index in [4.69, 9.17) is 0 Å². The van der Waals surface area contributed by atoms with E-state index in [0.29, 0.717) is 71.2 Å². The Morgan fingerprint density at radius 3 is 0.844 bits per heavy atom. The third-order valence-electron chi connectivity index (χ3n) is 24.6. The minimum Gasteiger partial charge on any atom is -0.308 e. The second kappa shape index (κ2) is 30.1. The molecule has 6 nitrogen and oxygen atoms in total. The first-order chi connectivity index (χ1) is 61.2. The summed E-state index contributed by atoms with van der Waals surface area (Å²) in [4.78, 5) is 0. The molecule has 0 aliphatic carbocycles. The number of hydrogen-bond donors (Lipinski definition) is 0. The van der Waals surface area contributed by atoms with Gasteiger partial charge >= 0.3 is 24.7 Å². The predicted molar refractivity (Wildman–Crippen MR) is 488 cm³/mol. The summed E-state index contributed by atoms with van der Waals surface area (Å²) in [5, 5.41) is 28.3. The first-order valence-electron chi connectivity index (χ1n) is 41.5. The Kier molecular flexibility index (Phi) is 19.1. The van der Waals surface area contributed by atoms with Crippen LogP contribution in [0.15, 0.2) is 297 Å². The topological polar surface area (TPSA) is 67.3 Å². The molecule has 0 aliphatic rings. The zero-order valence-electron chi connectivity index (χ0n) is 69.7. The molecule has 16 aromatic carbocycles. The van der Waals surface area contributed by atoms with Crippen molar-refractivity contribution in [2.24, 2.45) is 0 Å². The Bertz CT molecular complexity index is 8100. The second-order valence-corrected chi connectivity index (χ2v) is 33.8. The average molecular weight is 1710 g/mol. The molecule has 0 radical (unpaired) electrons. The number of benzene rings is 16. The van der Waals surface area contributed by atoms with Crippen LogP contribution in [0.25, 0.3) is 177 Å². The van der Waals surface area contributed by atoms with Crippen LogP contribution < -0.4 is 0 Å². The van der Waals surface area contributed by atoms with Crippen molar-refractivity contribution in [2.45, 2.75) is 79.6 Å². The zero-order chi connectivity index (χ0) is 89.2. The van der Waals surface area contributed by atoms with Gasteiger partial charge in [0.15, 0.2) is 0 Å². The maximum atomic E-state index is 15.5. The maximum absolute atomic E-state index is 15.5. The fourth-order valence-electron chi connectivity index (χ4n) is 19.5. The van der Waals surface area contributed by atoms with Crippen LogP contribution in [0.1, 0.15) is 83.5 Å². The van der Waals surface area contributed by atoms with Gasteiger partial charge in [-0.15, -0.1) is 0 Å². The van der Waals surface area contributed by atoms with Crippen molar-refractivity contribution in [3.05, 3.63) is 381 Å². The molecule has 0 fully saturated rings. The molecule has 4 heterocycles. The number of nitriles is 2. The van der Waals surface area contributed by atoms with E-state index in [1.54, 1.807) is 18.2 Å². The van der Waals surface area contributed by atoms with Gasteiger partial charge in [0, 0.05) is 54.2 Å². The van der Waals surface area contributed by atoms with E-state index in [-0.39, 0.29) is 63.6 Å². The Morgan fingerprint density at radius 2 is 0.492 bits per heavy atom. The van der Waals surface area contributed by atoms with Gasteiger partial charge in [0.05, 0.1) is 112 Å². The second-order valence-electron chi connectivity index (χ2n) is 33.8. The molecule has 0 saturated carbocycles. The lowest BCUT2D eigenvalue weighted by molar-refractivity contribution is -0.144. The van der Waals surface area contributed by atoms with Gasteiger partial charge in [0.25, 0.3) is 0 Å². The Labute approximate surface area is 726 Å². The molecule has 0 bridgehead atoms. The Hall–Kier alpha value is -15.1. The molecule has 128 heavy (non-hydrogen) atoms. The lowest BCUT2D eigenvalue weighted by Gasteiger charge is -2.23. The van der Waals surface area contributed by atoms with Gasteiger partial charge in [-0.05, 0) is 249 Å². The van der Waals surface area contributed by atoms with Crippen LogP contribution in [-0.4, -0.2) is 18.3 Å². The Balaban J connectivity index is 0.788. The summed E-state index contributed by atoms with van der Waals surface area (Å²) in [5.74, 6) is 0. The van der Waals surface area contributed by atoms with E-state index in [1.807, 2.05) is 249 Å².